The van der Waals surface area contributed by atoms with E-state index in [9.17, 15) is 19.2 Å². The number of hydrogen-bond donors (Lipinski definition) is 0. The molecule has 0 atom stereocenters. The number of benzene rings is 4. The van der Waals surface area contributed by atoms with Gasteiger partial charge in [-0.05, 0) is 73.5 Å². The molecule has 0 bridgehead atoms. The minimum absolute atomic E-state index is 0.0737. The first-order valence-corrected chi connectivity index (χ1v) is 15.6. The molecule has 0 aliphatic carbocycles. The fraction of sp³-hybridized carbons (Fsp3) is 0.176. The van der Waals surface area contributed by atoms with Crippen molar-refractivity contribution >= 4 is 75.0 Å². The van der Waals surface area contributed by atoms with Gasteiger partial charge in [0, 0.05) is 40.3 Å². The van der Waals surface area contributed by atoms with Crippen LogP contribution in [-0.2, 0) is 19.1 Å². The van der Waals surface area contributed by atoms with E-state index in [1.54, 1.807) is 36.4 Å². The molecule has 0 amide bonds. The Bertz CT molecular complexity index is 1980. The third-order valence-corrected chi connectivity index (χ3v) is 9.18. The normalized spacial score (nSPS) is 11.2. The van der Waals surface area contributed by atoms with Gasteiger partial charge < -0.3 is 18.9 Å². The van der Waals surface area contributed by atoms with Crippen LogP contribution in [0, 0.1) is 0 Å². The van der Waals surface area contributed by atoms with Crippen LogP contribution in [0.15, 0.2) is 94.5 Å². The second kappa shape index (κ2) is 13.2. The molecule has 0 N–H and O–H groups in total. The molecule has 2 heterocycles. The lowest BCUT2D eigenvalue weighted by Gasteiger charge is -2.09. The first-order chi connectivity index (χ1) is 21.5. The van der Waals surface area contributed by atoms with E-state index in [0.717, 1.165) is 18.8 Å². The van der Waals surface area contributed by atoms with Crippen molar-refractivity contribution in [3.05, 3.63) is 105 Å². The van der Waals surface area contributed by atoms with Gasteiger partial charge in [-0.15, -0.1) is 22.7 Å². The van der Waals surface area contributed by atoms with Gasteiger partial charge >= 0.3 is 11.9 Å². The third kappa shape index (κ3) is 6.56. The average Bonchev–Trinajstić information content (AvgIpc) is 3.05. The standard InChI is InChI=1S/C34H26O8S2/c35-31(19-41-21-11-13-29-25(17-21)33(37)23-7-1-3-9-27(23)43-29)39-15-5-6-16-40-32(36)20-42-22-12-14-30-26(18-22)34(38)24-8-2-4-10-28(24)44-30/h1-4,7-14,17-18H,5-6,15-16,19-20H2. The van der Waals surface area contributed by atoms with Crippen molar-refractivity contribution < 1.29 is 28.5 Å². The zero-order valence-electron chi connectivity index (χ0n) is 23.4. The van der Waals surface area contributed by atoms with Crippen molar-refractivity contribution in [2.45, 2.75) is 12.8 Å². The lowest BCUT2D eigenvalue weighted by atomic mass is 10.2. The summed E-state index contributed by atoms with van der Waals surface area (Å²) >= 11 is 3.05. The fourth-order valence-corrected chi connectivity index (χ4v) is 6.79. The molecule has 0 aliphatic heterocycles. The molecule has 44 heavy (non-hydrogen) atoms. The number of unbranched alkanes of at least 4 members (excludes halogenated alkanes) is 1. The number of esters is 2. The van der Waals surface area contributed by atoms with Gasteiger partial charge in [-0.2, -0.15) is 0 Å². The van der Waals surface area contributed by atoms with Crippen molar-refractivity contribution in [1.29, 1.82) is 0 Å². The lowest BCUT2D eigenvalue weighted by Crippen LogP contribution is -2.17. The molecule has 0 saturated carbocycles. The molecule has 222 valence electrons. The first-order valence-electron chi connectivity index (χ1n) is 13.9. The lowest BCUT2D eigenvalue weighted by molar-refractivity contribution is -0.148. The number of carbonyl (C=O) groups excluding carboxylic acids is 2. The van der Waals surface area contributed by atoms with Gasteiger partial charge in [-0.25, -0.2) is 9.59 Å². The Labute approximate surface area is 259 Å². The molecule has 0 radical (unpaired) electrons. The summed E-state index contributed by atoms with van der Waals surface area (Å²) in [4.78, 5) is 49.9. The Hall–Kier alpha value is -4.80. The van der Waals surface area contributed by atoms with E-state index < -0.39 is 11.9 Å². The van der Waals surface area contributed by atoms with E-state index in [-0.39, 0.29) is 37.3 Å². The van der Waals surface area contributed by atoms with Gasteiger partial charge in [0.2, 0.25) is 0 Å². The minimum atomic E-state index is -0.537. The largest absolute Gasteiger partial charge is 0.482 e. The Kier molecular flexibility index (Phi) is 8.81. The van der Waals surface area contributed by atoms with Gasteiger partial charge in [0.05, 0.1) is 13.2 Å². The maximum atomic E-state index is 12.9. The maximum absolute atomic E-state index is 12.9. The van der Waals surface area contributed by atoms with Crippen LogP contribution in [-0.4, -0.2) is 38.4 Å². The van der Waals surface area contributed by atoms with Crippen LogP contribution in [0.5, 0.6) is 11.5 Å². The second-order valence-electron chi connectivity index (χ2n) is 9.90. The molecule has 0 aliphatic rings. The van der Waals surface area contributed by atoms with Gasteiger partial charge in [0.15, 0.2) is 24.1 Å². The number of carbonyl (C=O) groups is 2. The zero-order chi connectivity index (χ0) is 30.5. The highest BCUT2D eigenvalue weighted by molar-refractivity contribution is 7.24. The Morgan fingerprint density at radius 1 is 0.523 bits per heavy atom. The molecule has 4 aromatic carbocycles. The van der Waals surface area contributed by atoms with Crippen molar-refractivity contribution in [2.24, 2.45) is 0 Å². The number of rotatable bonds is 11. The Balaban J connectivity index is 0.897. The molecule has 6 aromatic rings. The molecule has 0 unspecified atom stereocenters. The van der Waals surface area contributed by atoms with Crippen molar-refractivity contribution in [3.8, 4) is 11.5 Å². The van der Waals surface area contributed by atoms with Gasteiger partial charge in [0.25, 0.3) is 0 Å². The summed E-state index contributed by atoms with van der Waals surface area (Å²) in [6.07, 6.45) is 0.992. The summed E-state index contributed by atoms with van der Waals surface area (Å²) in [7, 11) is 0. The summed E-state index contributed by atoms with van der Waals surface area (Å²) < 4.78 is 25.0. The molecule has 0 saturated heterocycles. The van der Waals surface area contributed by atoms with Gasteiger partial charge in [-0.3, -0.25) is 9.59 Å². The average molecular weight is 627 g/mol. The third-order valence-electron chi connectivity index (χ3n) is 6.87. The summed E-state index contributed by atoms with van der Waals surface area (Å²) in [5.41, 5.74) is -0.147. The number of fused-ring (bicyclic) bond motifs is 4. The molecular formula is C34H26O8S2. The van der Waals surface area contributed by atoms with Crippen molar-refractivity contribution in [1.82, 2.24) is 0 Å². The number of ether oxygens (including phenoxy) is 4. The van der Waals surface area contributed by atoms with E-state index in [2.05, 4.69) is 0 Å². The van der Waals surface area contributed by atoms with Crippen LogP contribution in [0.25, 0.3) is 40.3 Å². The molecule has 2 aromatic heterocycles. The quantitative estimate of drug-likeness (QED) is 0.0916. The second-order valence-corrected chi connectivity index (χ2v) is 12.1. The topological polar surface area (TPSA) is 105 Å². The van der Waals surface area contributed by atoms with Crippen LogP contribution in [0.3, 0.4) is 0 Å². The first kappa shape index (κ1) is 29.3. The SMILES string of the molecule is O=C(COc1ccc2sc3ccccc3c(=O)c2c1)OCCCCOC(=O)COc1ccc2sc3ccccc3c(=O)c2c1. The van der Waals surface area contributed by atoms with E-state index in [4.69, 9.17) is 18.9 Å². The van der Waals surface area contributed by atoms with E-state index in [1.807, 2.05) is 48.5 Å². The summed E-state index contributed by atoms with van der Waals surface area (Å²) in [6, 6.07) is 25.3. The predicted molar refractivity (Wildman–Crippen MR) is 173 cm³/mol. The van der Waals surface area contributed by atoms with Crippen LogP contribution < -0.4 is 20.3 Å². The minimum Gasteiger partial charge on any atom is -0.482 e. The van der Waals surface area contributed by atoms with Crippen LogP contribution in [0.1, 0.15) is 12.8 Å². The van der Waals surface area contributed by atoms with Crippen LogP contribution >= 0.6 is 22.7 Å². The van der Waals surface area contributed by atoms with Gasteiger partial charge in [0.1, 0.15) is 11.5 Å². The van der Waals surface area contributed by atoms with Crippen LogP contribution in [0.4, 0.5) is 0 Å². The van der Waals surface area contributed by atoms with Crippen molar-refractivity contribution in [3.63, 3.8) is 0 Å². The van der Waals surface area contributed by atoms with E-state index >= 15 is 0 Å². The molecule has 0 fully saturated rings. The predicted octanol–water partition coefficient (Wildman–Crippen LogP) is 6.47. The highest BCUT2D eigenvalue weighted by Gasteiger charge is 2.11. The summed E-state index contributed by atoms with van der Waals surface area (Å²) in [5.74, 6) is -0.252. The van der Waals surface area contributed by atoms with Crippen molar-refractivity contribution in [2.75, 3.05) is 26.4 Å². The highest BCUT2D eigenvalue weighted by Crippen LogP contribution is 2.28. The Morgan fingerprint density at radius 3 is 1.39 bits per heavy atom. The van der Waals surface area contributed by atoms with Gasteiger partial charge in [-0.1, -0.05) is 24.3 Å². The molecule has 0 spiro atoms. The van der Waals surface area contributed by atoms with E-state index in [1.165, 1.54) is 22.7 Å². The maximum Gasteiger partial charge on any atom is 0.344 e. The number of hydrogen-bond acceptors (Lipinski definition) is 10. The van der Waals surface area contributed by atoms with E-state index in [0.29, 0.717) is 45.9 Å². The Morgan fingerprint density at radius 2 is 0.932 bits per heavy atom. The monoisotopic (exact) mass is 626 g/mol. The smallest absolute Gasteiger partial charge is 0.344 e. The summed E-state index contributed by atoms with van der Waals surface area (Å²) in [5, 5.41) is 2.39. The molecule has 6 rings (SSSR count). The fourth-order valence-electron chi connectivity index (χ4n) is 4.69. The zero-order valence-corrected chi connectivity index (χ0v) is 25.0. The highest BCUT2D eigenvalue weighted by atomic mass is 32.1. The molecular weight excluding hydrogens is 601 g/mol. The van der Waals surface area contributed by atoms with Crippen LogP contribution in [0.2, 0.25) is 0 Å². The molecule has 8 nitrogen and oxygen atoms in total. The molecule has 10 heteroatoms. The summed E-state index contributed by atoms with van der Waals surface area (Å²) in [6.45, 7) is -0.279.